The van der Waals surface area contributed by atoms with Crippen LogP contribution in [0.15, 0.2) is 137 Å². The highest BCUT2D eigenvalue weighted by atomic mass is 32.2. The number of sulfonamides is 1. The summed E-state index contributed by atoms with van der Waals surface area (Å²) in [5, 5.41) is 17.6. The molecule has 0 aliphatic heterocycles. The van der Waals surface area contributed by atoms with Crippen LogP contribution in [-0.2, 0) is 22.9 Å². The lowest BCUT2D eigenvalue weighted by Crippen LogP contribution is -2.23. The summed E-state index contributed by atoms with van der Waals surface area (Å²) in [7, 11) is -3.80. The van der Waals surface area contributed by atoms with Gasteiger partial charge in [-0.05, 0) is 77.7 Å². The Kier molecular flexibility index (Phi) is 9.59. The number of aliphatic hydroxyl groups excluding tert-OH is 1. The van der Waals surface area contributed by atoms with Crippen molar-refractivity contribution >= 4 is 15.7 Å². The first-order valence-corrected chi connectivity index (χ1v) is 16.4. The number of aromatic nitrogens is 3. The van der Waals surface area contributed by atoms with Gasteiger partial charge in [-0.2, -0.15) is 4.98 Å². The van der Waals surface area contributed by atoms with Crippen LogP contribution in [0.3, 0.4) is 0 Å². The normalized spacial score (nSPS) is 12.1. The van der Waals surface area contributed by atoms with Crippen LogP contribution in [0.2, 0.25) is 0 Å². The molecule has 0 aliphatic rings. The van der Waals surface area contributed by atoms with Crippen LogP contribution in [0.5, 0.6) is 0 Å². The third-order valence-corrected chi connectivity index (χ3v) is 8.91. The highest BCUT2D eigenvalue weighted by Crippen LogP contribution is 2.23. The molecule has 0 aliphatic carbocycles. The van der Waals surface area contributed by atoms with E-state index in [1.54, 1.807) is 42.7 Å². The monoisotopic (exact) mass is 631 g/mol. The Balaban J connectivity index is 1.00. The summed E-state index contributed by atoms with van der Waals surface area (Å²) in [5.74, 6) is 0.867. The van der Waals surface area contributed by atoms with Crippen molar-refractivity contribution in [2.75, 3.05) is 17.8 Å². The second-order valence-corrected chi connectivity index (χ2v) is 12.5. The largest absolute Gasteiger partial charge is 0.387 e. The van der Waals surface area contributed by atoms with E-state index in [9.17, 15) is 13.5 Å². The highest BCUT2D eigenvalue weighted by molar-refractivity contribution is 7.92. The summed E-state index contributed by atoms with van der Waals surface area (Å²) in [6.07, 6.45) is 3.91. The number of hydrogen-bond acceptors (Lipinski definition) is 8. The predicted octanol–water partition coefficient (Wildman–Crippen LogP) is 6.06. The average Bonchev–Trinajstić information content (AvgIpc) is 3.57. The first kappa shape index (κ1) is 30.8. The van der Waals surface area contributed by atoms with Crippen molar-refractivity contribution < 1.29 is 18.0 Å². The maximum absolute atomic E-state index is 13.0. The summed E-state index contributed by atoms with van der Waals surface area (Å²) < 4.78 is 34.2. The molecular weight excluding hydrogens is 598 g/mol. The Morgan fingerprint density at radius 2 is 1.46 bits per heavy atom. The lowest BCUT2D eigenvalue weighted by atomic mass is 10.0. The van der Waals surface area contributed by atoms with Crippen LogP contribution in [0.1, 0.15) is 28.7 Å². The highest BCUT2D eigenvalue weighted by Gasteiger charge is 2.16. The maximum atomic E-state index is 13.0. The number of anilines is 1. The zero-order valence-corrected chi connectivity index (χ0v) is 25.8. The number of aliphatic hydroxyl groups is 1. The lowest BCUT2D eigenvalue weighted by Gasteiger charge is -2.12. The minimum absolute atomic E-state index is 0.124. The van der Waals surface area contributed by atoms with E-state index in [1.165, 1.54) is 12.1 Å². The fraction of sp³-hybridized carbons (Fsp3) is 0.139. The van der Waals surface area contributed by atoms with Gasteiger partial charge in [-0.1, -0.05) is 78.0 Å². The van der Waals surface area contributed by atoms with Gasteiger partial charge in [0.25, 0.3) is 10.0 Å². The predicted molar refractivity (Wildman–Crippen MR) is 177 cm³/mol. The van der Waals surface area contributed by atoms with Crippen molar-refractivity contribution in [2.45, 2.75) is 23.8 Å². The molecule has 10 heteroatoms. The van der Waals surface area contributed by atoms with Crippen molar-refractivity contribution in [2.24, 2.45) is 0 Å². The second kappa shape index (κ2) is 14.3. The van der Waals surface area contributed by atoms with Gasteiger partial charge in [0.05, 0.1) is 17.4 Å². The molecule has 9 nitrogen and oxygen atoms in total. The van der Waals surface area contributed by atoms with Crippen LogP contribution < -0.4 is 10.0 Å². The van der Waals surface area contributed by atoms with E-state index >= 15 is 0 Å². The van der Waals surface area contributed by atoms with Gasteiger partial charge < -0.3 is 14.9 Å². The summed E-state index contributed by atoms with van der Waals surface area (Å²) in [6, 6.07) is 35.7. The minimum atomic E-state index is -3.80. The first-order chi connectivity index (χ1) is 22.4. The topological polar surface area (TPSA) is 130 Å². The van der Waals surface area contributed by atoms with Crippen LogP contribution in [0, 0.1) is 0 Å². The van der Waals surface area contributed by atoms with Gasteiger partial charge in [-0.25, -0.2) is 8.42 Å². The van der Waals surface area contributed by atoms with Crippen LogP contribution in [-0.4, -0.2) is 41.7 Å². The number of pyridine rings is 1. The molecule has 46 heavy (non-hydrogen) atoms. The number of hydrogen-bond donors (Lipinski definition) is 3. The minimum Gasteiger partial charge on any atom is -0.387 e. The molecule has 0 saturated heterocycles. The molecule has 6 rings (SSSR count). The molecule has 6 aromatic rings. The van der Waals surface area contributed by atoms with Gasteiger partial charge in [0.2, 0.25) is 11.7 Å². The van der Waals surface area contributed by atoms with Crippen LogP contribution in [0.25, 0.3) is 22.5 Å². The van der Waals surface area contributed by atoms with Gasteiger partial charge >= 0.3 is 0 Å². The Morgan fingerprint density at radius 1 is 0.761 bits per heavy atom. The molecule has 3 N–H and O–H groups in total. The quantitative estimate of drug-likeness (QED) is 0.131. The van der Waals surface area contributed by atoms with E-state index in [-0.39, 0.29) is 4.90 Å². The van der Waals surface area contributed by atoms with Gasteiger partial charge in [-0.15, -0.1) is 0 Å². The van der Waals surface area contributed by atoms with E-state index in [1.807, 2.05) is 48.5 Å². The fourth-order valence-electron chi connectivity index (χ4n) is 4.96. The molecule has 2 aromatic heterocycles. The molecule has 4 aromatic carbocycles. The molecular formula is C36H33N5O4S. The van der Waals surface area contributed by atoms with Crippen molar-refractivity contribution in [3.8, 4) is 22.5 Å². The molecule has 0 amide bonds. The number of nitrogens with one attached hydrogen (secondary N) is 2. The SMILES string of the molecule is O=S(=O)(Nc1ccc(CCNCC(O)c2cccnc2)cc1)c1ccc(-c2noc(Cc3ccc(-c4ccccc4)cc3)n2)cc1. The molecule has 2 heterocycles. The van der Waals surface area contributed by atoms with Crippen molar-refractivity contribution in [1.82, 2.24) is 20.4 Å². The van der Waals surface area contributed by atoms with Crippen molar-refractivity contribution in [3.05, 3.63) is 150 Å². The van der Waals surface area contributed by atoms with E-state index in [0.29, 0.717) is 42.5 Å². The summed E-state index contributed by atoms with van der Waals surface area (Å²) in [6.45, 7) is 1.08. The Morgan fingerprint density at radius 3 is 2.17 bits per heavy atom. The second-order valence-electron chi connectivity index (χ2n) is 10.8. The third-order valence-electron chi connectivity index (χ3n) is 7.51. The Bertz CT molecular complexity index is 1950. The van der Waals surface area contributed by atoms with Crippen LogP contribution >= 0.6 is 0 Å². The molecule has 0 fully saturated rings. The molecule has 1 atom stereocenters. The molecule has 0 spiro atoms. The van der Waals surface area contributed by atoms with E-state index < -0.39 is 16.1 Å². The Hall–Kier alpha value is -5.16. The zero-order chi connectivity index (χ0) is 31.8. The molecule has 232 valence electrons. The summed E-state index contributed by atoms with van der Waals surface area (Å²) in [4.78, 5) is 8.66. The summed E-state index contributed by atoms with van der Waals surface area (Å²) in [5.41, 5.74) is 6.26. The van der Waals surface area contributed by atoms with E-state index in [0.717, 1.165) is 34.2 Å². The van der Waals surface area contributed by atoms with Gasteiger partial charge in [0, 0.05) is 35.8 Å². The first-order valence-electron chi connectivity index (χ1n) is 14.9. The number of benzene rings is 4. The molecule has 0 radical (unpaired) electrons. The molecule has 0 bridgehead atoms. The smallest absolute Gasteiger partial charge is 0.261 e. The average molecular weight is 632 g/mol. The molecule has 0 saturated carbocycles. The van der Waals surface area contributed by atoms with Crippen LogP contribution in [0.4, 0.5) is 5.69 Å². The van der Waals surface area contributed by atoms with Gasteiger partial charge in [0.1, 0.15) is 0 Å². The Labute approximate surface area is 268 Å². The standard InChI is InChI=1S/C36H33N5O4S/c42-34(31-7-4-21-37-24-31)25-38-22-20-26-10-16-32(17-11-26)41-46(43,44)33-18-14-30(15-19-33)36-39-35(45-40-36)23-27-8-12-29(13-9-27)28-5-2-1-3-6-28/h1-19,21,24,34,38,41-42H,20,22-23,25H2. The lowest BCUT2D eigenvalue weighted by molar-refractivity contribution is 0.174. The third kappa shape index (κ3) is 7.91. The molecule has 1 unspecified atom stereocenters. The number of rotatable bonds is 13. The van der Waals surface area contributed by atoms with E-state index in [2.05, 4.69) is 49.4 Å². The fourth-order valence-corrected chi connectivity index (χ4v) is 6.02. The van der Waals surface area contributed by atoms with Gasteiger partial charge in [-0.3, -0.25) is 9.71 Å². The van der Waals surface area contributed by atoms with Crippen molar-refractivity contribution in [3.63, 3.8) is 0 Å². The maximum Gasteiger partial charge on any atom is 0.261 e. The van der Waals surface area contributed by atoms with E-state index in [4.69, 9.17) is 4.52 Å². The number of nitrogens with zero attached hydrogens (tertiary/aromatic N) is 3. The van der Waals surface area contributed by atoms with Crippen molar-refractivity contribution in [1.29, 1.82) is 0 Å². The summed E-state index contributed by atoms with van der Waals surface area (Å²) >= 11 is 0. The zero-order valence-electron chi connectivity index (χ0n) is 25.0. The van der Waals surface area contributed by atoms with Gasteiger partial charge in [0.15, 0.2) is 0 Å².